The van der Waals surface area contributed by atoms with Gasteiger partial charge >= 0.3 is 0 Å². The minimum Gasteiger partial charge on any atom is -0.359 e. The lowest BCUT2D eigenvalue weighted by Gasteiger charge is -2.21. The first-order valence-corrected chi connectivity index (χ1v) is 15.0. The van der Waals surface area contributed by atoms with Crippen LogP contribution in [0.2, 0.25) is 0 Å². The molecule has 0 radical (unpaired) electrons. The molecule has 0 bridgehead atoms. The molecular formula is C30H60N2. The molecular weight excluding hydrogens is 388 g/mol. The summed E-state index contributed by atoms with van der Waals surface area (Å²) in [4.78, 5) is 5.04. The zero-order chi connectivity index (χ0) is 23.0. The van der Waals surface area contributed by atoms with Crippen molar-refractivity contribution in [1.82, 2.24) is 9.80 Å². The summed E-state index contributed by atoms with van der Waals surface area (Å²) in [5, 5.41) is 0. The summed E-state index contributed by atoms with van der Waals surface area (Å²) in [5.41, 5.74) is 0. The third-order valence-electron chi connectivity index (χ3n) is 7.20. The number of rotatable bonds is 25. The molecule has 1 heterocycles. The molecule has 0 saturated carbocycles. The van der Waals surface area contributed by atoms with Gasteiger partial charge in [-0.1, -0.05) is 149 Å². The summed E-state index contributed by atoms with van der Waals surface area (Å²) in [6, 6.07) is 0. The quantitative estimate of drug-likeness (QED) is 0.128. The Morgan fingerprint density at radius 3 is 0.906 bits per heavy atom. The topological polar surface area (TPSA) is 6.48 Å². The number of unbranched alkanes of at least 4 members (excludes halogenated alkanes) is 21. The Bertz CT molecular complexity index is 392. The average Bonchev–Trinajstić information content (AvgIpc) is 3.26. The first-order chi connectivity index (χ1) is 15.9. The van der Waals surface area contributed by atoms with Gasteiger partial charge in [0.2, 0.25) is 0 Å². The van der Waals surface area contributed by atoms with Crippen molar-refractivity contribution in [2.45, 2.75) is 162 Å². The monoisotopic (exact) mass is 448 g/mol. The van der Waals surface area contributed by atoms with Gasteiger partial charge in [0.15, 0.2) is 0 Å². The first kappa shape index (κ1) is 29.4. The van der Waals surface area contributed by atoms with Crippen molar-refractivity contribution in [2.24, 2.45) is 0 Å². The maximum absolute atomic E-state index is 2.52. The minimum atomic E-state index is 1.13. The molecule has 0 N–H and O–H groups in total. The normalized spacial score (nSPS) is 13.6. The Labute approximate surface area is 203 Å². The smallest absolute Gasteiger partial charge is 0.0893 e. The van der Waals surface area contributed by atoms with Crippen molar-refractivity contribution in [3.8, 4) is 0 Å². The summed E-state index contributed by atoms with van der Waals surface area (Å²) in [6.07, 6.45) is 37.7. The SMILES string of the molecule is CCCCCCCCCCCCCCCN1C=CN(CCCCCCCCCCCC)C1. The van der Waals surface area contributed by atoms with Gasteiger partial charge in [-0.15, -0.1) is 0 Å². The zero-order valence-electron chi connectivity index (χ0n) is 22.4. The molecule has 1 rings (SSSR count). The maximum Gasteiger partial charge on any atom is 0.0893 e. The molecule has 0 atom stereocenters. The van der Waals surface area contributed by atoms with Crippen molar-refractivity contribution < 1.29 is 0 Å². The molecule has 2 nitrogen and oxygen atoms in total. The van der Waals surface area contributed by atoms with Gasteiger partial charge in [0.25, 0.3) is 0 Å². The van der Waals surface area contributed by atoms with Crippen LogP contribution in [-0.2, 0) is 0 Å². The van der Waals surface area contributed by atoms with E-state index in [0.29, 0.717) is 0 Å². The highest BCUT2D eigenvalue weighted by molar-refractivity contribution is 4.90. The van der Waals surface area contributed by atoms with Crippen LogP contribution >= 0.6 is 0 Å². The minimum absolute atomic E-state index is 1.13. The Hall–Kier alpha value is -0.660. The number of hydrogen-bond acceptors (Lipinski definition) is 2. The van der Waals surface area contributed by atoms with E-state index in [2.05, 4.69) is 36.0 Å². The summed E-state index contributed by atoms with van der Waals surface area (Å²) in [5.74, 6) is 0. The third-order valence-corrected chi connectivity index (χ3v) is 7.20. The predicted molar refractivity (Wildman–Crippen MR) is 145 cm³/mol. The van der Waals surface area contributed by atoms with Crippen LogP contribution in [0.25, 0.3) is 0 Å². The maximum atomic E-state index is 2.52. The van der Waals surface area contributed by atoms with Gasteiger partial charge in [-0.05, 0) is 12.8 Å². The number of nitrogens with zero attached hydrogens (tertiary/aromatic N) is 2. The van der Waals surface area contributed by atoms with Gasteiger partial charge in [-0.25, -0.2) is 0 Å². The Kier molecular flexibility index (Phi) is 21.6. The fourth-order valence-electron chi connectivity index (χ4n) is 4.94. The summed E-state index contributed by atoms with van der Waals surface area (Å²) in [6.45, 7) is 8.24. The van der Waals surface area contributed by atoms with Crippen molar-refractivity contribution in [3.63, 3.8) is 0 Å². The van der Waals surface area contributed by atoms with E-state index in [4.69, 9.17) is 0 Å². The molecule has 1 aliphatic heterocycles. The fraction of sp³-hybridized carbons (Fsp3) is 0.933. The van der Waals surface area contributed by atoms with E-state index in [1.54, 1.807) is 0 Å². The average molecular weight is 449 g/mol. The Morgan fingerprint density at radius 1 is 0.375 bits per heavy atom. The van der Waals surface area contributed by atoms with E-state index < -0.39 is 0 Å². The summed E-state index contributed by atoms with van der Waals surface area (Å²) >= 11 is 0. The largest absolute Gasteiger partial charge is 0.359 e. The van der Waals surface area contributed by atoms with E-state index in [0.717, 1.165) is 6.67 Å². The van der Waals surface area contributed by atoms with Crippen LogP contribution in [0.4, 0.5) is 0 Å². The third kappa shape index (κ3) is 18.9. The van der Waals surface area contributed by atoms with E-state index in [9.17, 15) is 0 Å². The van der Waals surface area contributed by atoms with Crippen LogP contribution < -0.4 is 0 Å². The summed E-state index contributed by atoms with van der Waals surface area (Å²) in [7, 11) is 0. The van der Waals surface area contributed by atoms with Crippen molar-refractivity contribution >= 4 is 0 Å². The van der Waals surface area contributed by atoms with Crippen LogP contribution in [-0.4, -0.2) is 29.6 Å². The van der Waals surface area contributed by atoms with Crippen LogP contribution in [0.5, 0.6) is 0 Å². The molecule has 0 aromatic carbocycles. The van der Waals surface area contributed by atoms with Crippen LogP contribution in [0.1, 0.15) is 162 Å². The van der Waals surface area contributed by atoms with Gasteiger partial charge in [0.05, 0.1) is 6.67 Å². The van der Waals surface area contributed by atoms with Gasteiger partial charge in [-0.3, -0.25) is 0 Å². The van der Waals surface area contributed by atoms with Gasteiger partial charge in [-0.2, -0.15) is 0 Å². The van der Waals surface area contributed by atoms with E-state index in [-0.39, 0.29) is 0 Å². The highest BCUT2D eigenvalue weighted by Crippen LogP contribution is 2.15. The molecule has 0 unspecified atom stereocenters. The standard InChI is InChI=1S/C30H60N2/c1-3-5-7-9-11-13-15-16-17-19-21-23-25-27-32-29-28-31(30-32)26-24-22-20-18-14-12-10-8-6-4-2/h28-29H,3-27,30H2,1-2H3. The molecule has 0 saturated heterocycles. The molecule has 0 spiro atoms. The van der Waals surface area contributed by atoms with Crippen LogP contribution in [0.3, 0.4) is 0 Å². The Morgan fingerprint density at radius 2 is 0.625 bits per heavy atom. The predicted octanol–water partition coefficient (Wildman–Crippen LogP) is 10.0. The molecule has 0 aromatic heterocycles. The van der Waals surface area contributed by atoms with Gasteiger partial charge in [0, 0.05) is 25.5 Å². The Balaban J connectivity index is 1.77. The molecule has 190 valence electrons. The summed E-state index contributed by atoms with van der Waals surface area (Å²) < 4.78 is 0. The second-order valence-electron chi connectivity index (χ2n) is 10.5. The lowest BCUT2D eigenvalue weighted by Crippen LogP contribution is -2.26. The number of hydrogen-bond donors (Lipinski definition) is 0. The van der Waals surface area contributed by atoms with Gasteiger partial charge < -0.3 is 9.80 Å². The van der Waals surface area contributed by atoms with Crippen LogP contribution in [0.15, 0.2) is 12.4 Å². The molecule has 0 aromatic rings. The van der Waals surface area contributed by atoms with E-state index in [1.165, 1.54) is 161 Å². The van der Waals surface area contributed by atoms with Crippen LogP contribution in [0, 0.1) is 0 Å². The fourth-order valence-corrected chi connectivity index (χ4v) is 4.94. The van der Waals surface area contributed by atoms with Crippen molar-refractivity contribution in [1.29, 1.82) is 0 Å². The lowest BCUT2D eigenvalue weighted by atomic mass is 10.0. The van der Waals surface area contributed by atoms with E-state index in [1.807, 2.05) is 0 Å². The first-order valence-electron chi connectivity index (χ1n) is 15.0. The second kappa shape index (κ2) is 23.5. The highest BCUT2D eigenvalue weighted by atomic mass is 15.3. The molecule has 0 fully saturated rings. The van der Waals surface area contributed by atoms with Gasteiger partial charge in [0.1, 0.15) is 0 Å². The zero-order valence-corrected chi connectivity index (χ0v) is 22.4. The molecule has 0 amide bonds. The van der Waals surface area contributed by atoms with Crippen molar-refractivity contribution in [2.75, 3.05) is 19.8 Å². The molecule has 0 aliphatic carbocycles. The molecule has 32 heavy (non-hydrogen) atoms. The molecule has 1 aliphatic rings. The second-order valence-corrected chi connectivity index (χ2v) is 10.5. The van der Waals surface area contributed by atoms with Crippen molar-refractivity contribution in [3.05, 3.63) is 12.4 Å². The lowest BCUT2D eigenvalue weighted by molar-refractivity contribution is 0.257. The highest BCUT2D eigenvalue weighted by Gasteiger charge is 2.10. The molecule has 2 heteroatoms. The van der Waals surface area contributed by atoms with E-state index >= 15 is 0 Å².